The fourth-order valence-corrected chi connectivity index (χ4v) is 6.31. The molecule has 1 saturated carbocycles. The van der Waals surface area contributed by atoms with Crippen LogP contribution in [0.15, 0.2) is 42.6 Å². The van der Waals surface area contributed by atoms with E-state index in [4.69, 9.17) is 4.74 Å². The molecule has 2 aliphatic rings. The number of aromatic nitrogens is 2. The first-order valence-corrected chi connectivity index (χ1v) is 14.0. The van der Waals surface area contributed by atoms with Crippen molar-refractivity contribution in [1.29, 1.82) is 0 Å². The molecule has 11 heteroatoms. The number of nitrogens with one attached hydrogen (secondary N) is 1. The molecule has 0 spiro atoms. The largest absolute Gasteiger partial charge is 0.378 e. The highest BCUT2D eigenvalue weighted by Gasteiger charge is 2.35. The zero-order valence-corrected chi connectivity index (χ0v) is 21.4. The average molecular weight is 524 g/mol. The summed E-state index contributed by atoms with van der Waals surface area (Å²) in [5.41, 5.74) is 1.03. The Morgan fingerprint density at radius 1 is 1.17 bits per heavy atom. The van der Waals surface area contributed by atoms with Gasteiger partial charge in [0.05, 0.1) is 12.7 Å². The molecule has 4 rings (SSSR count). The lowest BCUT2D eigenvalue weighted by atomic mass is 9.82. The molecule has 36 heavy (non-hydrogen) atoms. The molecule has 2 atom stereocenters. The van der Waals surface area contributed by atoms with Gasteiger partial charge in [-0.15, -0.1) is 5.10 Å². The van der Waals surface area contributed by atoms with Crippen molar-refractivity contribution >= 4 is 16.0 Å². The van der Waals surface area contributed by atoms with Crippen LogP contribution in [0.1, 0.15) is 43.6 Å². The molecule has 1 saturated heterocycles. The Balaban J connectivity index is 1.38. The van der Waals surface area contributed by atoms with E-state index in [9.17, 15) is 17.2 Å². The minimum Gasteiger partial charge on any atom is -0.378 e. The van der Waals surface area contributed by atoms with Gasteiger partial charge < -0.3 is 9.64 Å². The number of anilines is 1. The van der Waals surface area contributed by atoms with Crippen molar-refractivity contribution in [2.75, 3.05) is 44.9 Å². The predicted octanol–water partition coefficient (Wildman–Crippen LogP) is 3.29. The number of benzene rings is 1. The lowest BCUT2D eigenvalue weighted by molar-refractivity contribution is -0.00226. The first kappa shape index (κ1) is 26.8. The molecule has 1 aliphatic carbocycles. The van der Waals surface area contributed by atoms with E-state index in [1.165, 1.54) is 13.1 Å². The smallest absolute Gasteiger partial charge is 0.279 e. The summed E-state index contributed by atoms with van der Waals surface area (Å²) in [5.74, 6) is 0.749. The SMILES string of the molecule is CN(CCF)S(=O)(=O)N[C@H]1CCN(c2cccnn2)C[C@H]1COC1CCC(c2cccc(F)c2)CC1. The van der Waals surface area contributed by atoms with E-state index < -0.39 is 16.9 Å². The Hall–Kier alpha value is -2.21. The summed E-state index contributed by atoms with van der Waals surface area (Å²) in [5, 5.41) is 8.17. The summed E-state index contributed by atoms with van der Waals surface area (Å²) < 4.78 is 61.9. The third-order valence-electron chi connectivity index (χ3n) is 7.27. The minimum atomic E-state index is -3.81. The summed E-state index contributed by atoms with van der Waals surface area (Å²) >= 11 is 0. The van der Waals surface area contributed by atoms with Crippen LogP contribution in [-0.4, -0.2) is 75.0 Å². The van der Waals surface area contributed by atoms with E-state index in [1.807, 2.05) is 18.2 Å². The monoisotopic (exact) mass is 523 g/mol. The standard InChI is InChI=1S/C25H35F2N5O3S/c1-31(15-12-26)36(33,34)30-24-11-14-32(25-6-3-13-28-29-25)17-21(24)18-35-23-9-7-19(8-10-23)20-4-2-5-22(27)16-20/h2-6,13,16,19,21,23-24,30H,7-12,14-15,17-18H2,1H3/t19?,21-,23?,24-/m0/s1. The minimum absolute atomic E-state index is 0.0770. The summed E-state index contributed by atoms with van der Waals surface area (Å²) in [6.45, 7) is 0.647. The van der Waals surface area contributed by atoms with Gasteiger partial charge >= 0.3 is 0 Å². The molecular weight excluding hydrogens is 488 g/mol. The molecule has 0 radical (unpaired) electrons. The number of hydrogen-bond donors (Lipinski definition) is 1. The van der Waals surface area contributed by atoms with E-state index in [2.05, 4.69) is 19.8 Å². The van der Waals surface area contributed by atoms with Crippen molar-refractivity contribution in [3.05, 3.63) is 54.0 Å². The first-order chi connectivity index (χ1) is 17.4. The van der Waals surface area contributed by atoms with E-state index in [0.717, 1.165) is 41.4 Å². The first-order valence-electron chi connectivity index (χ1n) is 12.5. The molecule has 0 unspecified atom stereocenters. The van der Waals surface area contributed by atoms with Crippen molar-refractivity contribution in [3.8, 4) is 0 Å². The highest BCUT2D eigenvalue weighted by atomic mass is 32.2. The summed E-state index contributed by atoms with van der Waals surface area (Å²) in [7, 11) is -2.44. The maximum absolute atomic E-state index is 13.6. The van der Waals surface area contributed by atoms with E-state index >= 15 is 0 Å². The van der Waals surface area contributed by atoms with E-state index in [-0.39, 0.29) is 30.4 Å². The Morgan fingerprint density at radius 3 is 2.67 bits per heavy atom. The second-order valence-corrected chi connectivity index (χ2v) is 11.5. The quantitative estimate of drug-likeness (QED) is 0.514. The average Bonchev–Trinajstić information content (AvgIpc) is 2.89. The zero-order valence-electron chi connectivity index (χ0n) is 20.6. The maximum Gasteiger partial charge on any atom is 0.279 e. The normalized spacial score (nSPS) is 25.3. The van der Waals surface area contributed by atoms with Gasteiger partial charge in [0.1, 0.15) is 12.5 Å². The molecule has 0 amide bonds. The van der Waals surface area contributed by atoms with E-state index in [0.29, 0.717) is 32.0 Å². The fraction of sp³-hybridized carbons (Fsp3) is 0.600. The van der Waals surface area contributed by atoms with Gasteiger partial charge in [-0.05, 0) is 67.9 Å². The highest BCUT2D eigenvalue weighted by molar-refractivity contribution is 7.87. The maximum atomic E-state index is 13.6. The van der Waals surface area contributed by atoms with Crippen molar-refractivity contribution in [2.24, 2.45) is 5.92 Å². The van der Waals surface area contributed by atoms with Crippen LogP contribution in [0.4, 0.5) is 14.6 Å². The van der Waals surface area contributed by atoms with Gasteiger partial charge in [-0.2, -0.15) is 22.5 Å². The van der Waals surface area contributed by atoms with Crippen LogP contribution in [0.3, 0.4) is 0 Å². The Labute approximate surface area is 212 Å². The van der Waals surface area contributed by atoms with Gasteiger partial charge in [0, 0.05) is 44.8 Å². The molecule has 2 fully saturated rings. The van der Waals surface area contributed by atoms with Gasteiger partial charge in [-0.3, -0.25) is 0 Å². The van der Waals surface area contributed by atoms with Gasteiger partial charge in [0.25, 0.3) is 10.2 Å². The second kappa shape index (κ2) is 12.4. The second-order valence-electron chi connectivity index (χ2n) is 9.68. The molecule has 0 bridgehead atoms. The lowest BCUT2D eigenvalue weighted by Gasteiger charge is -2.40. The molecule has 1 aliphatic heterocycles. The zero-order chi connectivity index (χ0) is 25.5. The molecule has 2 heterocycles. The third-order valence-corrected chi connectivity index (χ3v) is 8.87. The lowest BCUT2D eigenvalue weighted by Crippen LogP contribution is -2.55. The molecule has 1 N–H and O–H groups in total. The Bertz CT molecular complexity index is 1070. The van der Waals surface area contributed by atoms with Gasteiger partial charge in [-0.25, -0.2) is 8.78 Å². The number of nitrogens with zero attached hydrogens (tertiary/aromatic N) is 4. The summed E-state index contributed by atoms with van der Waals surface area (Å²) in [4.78, 5) is 2.10. The molecular formula is C25H35F2N5O3S. The van der Waals surface area contributed by atoms with Crippen LogP contribution in [0.5, 0.6) is 0 Å². The number of alkyl halides is 1. The Kier molecular flexibility index (Phi) is 9.21. The van der Waals surface area contributed by atoms with Crippen LogP contribution >= 0.6 is 0 Å². The van der Waals surface area contributed by atoms with Crippen LogP contribution in [0.25, 0.3) is 0 Å². The molecule has 1 aromatic carbocycles. The van der Waals surface area contributed by atoms with Crippen molar-refractivity contribution in [3.63, 3.8) is 0 Å². The van der Waals surface area contributed by atoms with Crippen molar-refractivity contribution in [2.45, 2.75) is 50.2 Å². The fourth-order valence-electron chi connectivity index (χ4n) is 5.13. The predicted molar refractivity (Wildman–Crippen MR) is 134 cm³/mol. The van der Waals surface area contributed by atoms with Crippen LogP contribution in [-0.2, 0) is 14.9 Å². The van der Waals surface area contributed by atoms with Crippen molar-refractivity contribution in [1.82, 2.24) is 19.2 Å². The number of ether oxygens (including phenoxy) is 1. The van der Waals surface area contributed by atoms with Gasteiger partial charge in [0.2, 0.25) is 0 Å². The van der Waals surface area contributed by atoms with Crippen LogP contribution < -0.4 is 9.62 Å². The number of hydrogen-bond acceptors (Lipinski definition) is 6. The van der Waals surface area contributed by atoms with Gasteiger partial charge in [0.15, 0.2) is 5.82 Å². The molecule has 8 nitrogen and oxygen atoms in total. The Morgan fingerprint density at radius 2 is 1.97 bits per heavy atom. The van der Waals surface area contributed by atoms with E-state index in [1.54, 1.807) is 18.3 Å². The van der Waals surface area contributed by atoms with Crippen LogP contribution in [0.2, 0.25) is 0 Å². The summed E-state index contributed by atoms with van der Waals surface area (Å²) in [6.07, 6.45) is 5.86. The molecule has 198 valence electrons. The number of halogens is 2. The van der Waals surface area contributed by atoms with Crippen LogP contribution in [0, 0.1) is 11.7 Å². The molecule has 1 aromatic heterocycles. The summed E-state index contributed by atoms with van der Waals surface area (Å²) in [6, 6.07) is 10.2. The van der Waals surface area contributed by atoms with Gasteiger partial charge in [-0.1, -0.05) is 12.1 Å². The molecule has 2 aromatic rings. The number of piperidine rings is 1. The van der Waals surface area contributed by atoms with Crippen molar-refractivity contribution < 1.29 is 21.9 Å². The number of rotatable bonds is 10. The third kappa shape index (κ3) is 6.96. The topological polar surface area (TPSA) is 87.7 Å². The highest BCUT2D eigenvalue weighted by Crippen LogP contribution is 2.35.